The largest absolute Gasteiger partial charge is 0.490 e. The molecule has 28 heavy (non-hydrogen) atoms. The molecule has 0 fully saturated rings. The van der Waals surface area contributed by atoms with Crippen LogP contribution in [0.4, 0.5) is 0 Å². The van der Waals surface area contributed by atoms with Gasteiger partial charge in [0.2, 0.25) is 0 Å². The maximum absolute atomic E-state index is 6.21. The highest BCUT2D eigenvalue weighted by Crippen LogP contribution is 2.30. The first-order valence-electron chi connectivity index (χ1n) is 8.74. The lowest BCUT2D eigenvalue weighted by Crippen LogP contribution is -2.01. The Balaban J connectivity index is 1.78. The highest BCUT2D eigenvalue weighted by molar-refractivity contribution is 6.35. The van der Waals surface area contributed by atoms with E-state index in [1.54, 1.807) is 23.0 Å². The number of ether oxygens (including phenoxy) is 2. The van der Waals surface area contributed by atoms with Crippen LogP contribution in [0.5, 0.6) is 11.5 Å². The van der Waals surface area contributed by atoms with Gasteiger partial charge in [0.15, 0.2) is 23.1 Å². The Bertz CT molecular complexity index is 982. The zero-order valence-corrected chi connectivity index (χ0v) is 17.3. The predicted octanol–water partition coefficient (Wildman–Crippen LogP) is 5.06. The maximum atomic E-state index is 6.21. The van der Waals surface area contributed by atoms with Gasteiger partial charge in [-0.25, -0.2) is 4.68 Å². The van der Waals surface area contributed by atoms with E-state index in [0.29, 0.717) is 34.8 Å². The Morgan fingerprint density at radius 3 is 2.43 bits per heavy atom. The molecule has 2 aromatic carbocycles. The molecule has 8 heteroatoms. The lowest BCUT2D eigenvalue weighted by atomic mass is 10.2. The summed E-state index contributed by atoms with van der Waals surface area (Å²) in [4.78, 5) is 0. The molecule has 0 N–H and O–H groups in total. The van der Waals surface area contributed by atoms with Gasteiger partial charge in [-0.2, -0.15) is 5.10 Å². The average molecular weight is 419 g/mol. The van der Waals surface area contributed by atoms with Crippen LogP contribution in [0.15, 0.2) is 41.5 Å². The first-order chi connectivity index (χ1) is 13.5. The lowest BCUT2D eigenvalue weighted by Gasteiger charge is -2.13. The van der Waals surface area contributed by atoms with Gasteiger partial charge in [-0.15, -0.1) is 10.2 Å². The van der Waals surface area contributed by atoms with Crippen LogP contribution in [0.25, 0.3) is 0 Å². The van der Waals surface area contributed by atoms with E-state index < -0.39 is 0 Å². The molecular weight excluding hydrogens is 399 g/mol. The maximum Gasteiger partial charge on any atom is 0.161 e. The van der Waals surface area contributed by atoms with Crippen molar-refractivity contribution in [1.82, 2.24) is 14.9 Å². The normalized spacial score (nSPS) is 11.2. The van der Waals surface area contributed by atoms with Crippen molar-refractivity contribution >= 4 is 29.4 Å². The predicted molar refractivity (Wildman–Crippen MR) is 111 cm³/mol. The Morgan fingerprint density at radius 2 is 1.75 bits per heavy atom. The van der Waals surface area contributed by atoms with E-state index in [4.69, 9.17) is 32.7 Å². The van der Waals surface area contributed by atoms with Gasteiger partial charge in [0, 0.05) is 15.6 Å². The number of hydrogen-bond acceptors (Lipinski definition) is 5. The molecule has 146 valence electrons. The fourth-order valence-corrected chi connectivity index (χ4v) is 3.00. The van der Waals surface area contributed by atoms with Crippen molar-refractivity contribution in [3.8, 4) is 11.5 Å². The van der Waals surface area contributed by atoms with E-state index in [-0.39, 0.29) is 0 Å². The van der Waals surface area contributed by atoms with E-state index in [1.165, 1.54) is 0 Å². The summed E-state index contributed by atoms with van der Waals surface area (Å²) in [6.07, 6.45) is 1.73. The van der Waals surface area contributed by atoms with Gasteiger partial charge in [-0.1, -0.05) is 29.3 Å². The van der Waals surface area contributed by atoms with Crippen molar-refractivity contribution in [1.29, 1.82) is 0 Å². The first-order valence-corrected chi connectivity index (χ1v) is 9.50. The van der Waals surface area contributed by atoms with Crippen molar-refractivity contribution in [3.05, 3.63) is 69.2 Å². The second kappa shape index (κ2) is 9.08. The van der Waals surface area contributed by atoms with Crippen LogP contribution in [-0.4, -0.2) is 27.7 Å². The molecule has 0 amide bonds. The van der Waals surface area contributed by atoms with Crippen LogP contribution >= 0.6 is 23.2 Å². The van der Waals surface area contributed by atoms with Crippen LogP contribution in [0.1, 0.15) is 29.7 Å². The molecule has 1 heterocycles. The minimum Gasteiger partial charge on any atom is -0.490 e. The third-order valence-electron chi connectivity index (χ3n) is 3.94. The van der Waals surface area contributed by atoms with E-state index in [1.807, 2.05) is 45.0 Å². The van der Waals surface area contributed by atoms with Crippen LogP contribution in [0, 0.1) is 13.8 Å². The minimum atomic E-state index is 0.308. The summed E-state index contributed by atoms with van der Waals surface area (Å²) < 4.78 is 13.3. The minimum absolute atomic E-state index is 0.308. The lowest BCUT2D eigenvalue weighted by molar-refractivity contribution is 0.269. The molecule has 0 bridgehead atoms. The molecule has 0 unspecified atom stereocenters. The highest BCUT2D eigenvalue weighted by atomic mass is 35.5. The van der Waals surface area contributed by atoms with Crippen molar-refractivity contribution in [3.63, 3.8) is 0 Å². The van der Waals surface area contributed by atoms with Crippen LogP contribution < -0.4 is 9.47 Å². The average Bonchev–Trinajstić information content (AvgIpc) is 2.98. The first kappa shape index (κ1) is 20.2. The number of aromatic nitrogens is 3. The van der Waals surface area contributed by atoms with E-state index in [9.17, 15) is 0 Å². The summed E-state index contributed by atoms with van der Waals surface area (Å²) in [6.45, 7) is 6.44. The Kier molecular flexibility index (Phi) is 6.54. The van der Waals surface area contributed by atoms with E-state index in [2.05, 4.69) is 15.3 Å². The van der Waals surface area contributed by atoms with Gasteiger partial charge in [-0.05, 0) is 56.7 Å². The van der Waals surface area contributed by atoms with Crippen LogP contribution in [0.2, 0.25) is 10.0 Å². The van der Waals surface area contributed by atoms with Crippen molar-refractivity contribution in [2.75, 3.05) is 6.61 Å². The standard InChI is InChI=1S/C20H20Cl2N4O2/c1-4-27-20-9-15(11-23-26-13(2)24-25-14(26)3)5-8-19(20)28-12-16-6-7-17(21)10-18(16)22/h5-11H,4,12H2,1-3H3/b23-11+. The van der Waals surface area contributed by atoms with Crippen molar-refractivity contribution in [2.24, 2.45) is 5.10 Å². The Hall–Kier alpha value is -2.57. The molecule has 3 rings (SSSR count). The third-order valence-corrected chi connectivity index (χ3v) is 4.53. The van der Waals surface area contributed by atoms with Gasteiger partial charge < -0.3 is 9.47 Å². The molecule has 3 aromatic rings. The van der Waals surface area contributed by atoms with Gasteiger partial charge >= 0.3 is 0 Å². The Morgan fingerprint density at radius 1 is 1.00 bits per heavy atom. The molecule has 0 saturated heterocycles. The quantitative estimate of drug-likeness (QED) is 0.502. The summed E-state index contributed by atoms with van der Waals surface area (Å²) in [5, 5.41) is 13.6. The molecule has 0 saturated carbocycles. The van der Waals surface area contributed by atoms with Crippen molar-refractivity contribution in [2.45, 2.75) is 27.4 Å². The monoisotopic (exact) mass is 418 g/mol. The smallest absolute Gasteiger partial charge is 0.161 e. The number of halogens is 2. The fourth-order valence-electron chi connectivity index (χ4n) is 2.54. The van der Waals surface area contributed by atoms with Gasteiger partial charge in [0.25, 0.3) is 0 Å². The zero-order chi connectivity index (χ0) is 20.1. The molecule has 1 aromatic heterocycles. The van der Waals surface area contributed by atoms with E-state index >= 15 is 0 Å². The zero-order valence-electron chi connectivity index (χ0n) is 15.8. The van der Waals surface area contributed by atoms with Crippen LogP contribution in [0.3, 0.4) is 0 Å². The molecule has 0 radical (unpaired) electrons. The molecule has 0 aliphatic rings. The molecular formula is C20H20Cl2N4O2. The highest BCUT2D eigenvalue weighted by Gasteiger charge is 2.09. The topological polar surface area (TPSA) is 61.5 Å². The molecule has 0 atom stereocenters. The number of hydrogen-bond donors (Lipinski definition) is 0. The van der Waals surface area contributed by atoms with Crippen molar-refractivity contribution < 1.29 is 9.47 Å². The molecule has 6 nitrogen and oxygen atoms in total. The van der Waals surface area contributed by atoms with Gasteiger partial charge in [0.05, 0.1) is 12.8 Å². The number of nitrogens with zero attached hydrogens (tertiary/aromatic N) is 4. The SMILES string of the molecule is CCOc1cc(/C=N/n2c(C)nnc2C)ccc1OCc1ccc(Cl)cc1Cl. The summed E-state index contributed by atoms with van der Waals surface area (Å²) in [5.41, 5.74) is 1.71. The number of aryl methyl sites for hydroxylation is 2. The van der Waals surface area contributed by atoms with Crippen LogP contribution in [-0.2, 0) is 6.61 Å². The fraction of sp³-hybridized carbons (Fsp3) is 0.250. The van der Waals surface area contributed by atoms with Gasteiger partial charge in [-0.3, -0.25) is 0 Å². The Labute approximate surface area is 173 Å². The number of rotatable bonds is 7. The summed E-state index contributed by atoms with van der Waals surface area (Å²) >= 11 is 12.1. The molecule has 0 spiro atoms. The second-order valence-electron chi connectivity index (χ2n) is 6.01. The van der Waals surface area contributed by atoms with E-state index in [0.717, 1.165) is 22.8 Å². The summed E-state index contributed by atoms with van der Waals surface area (Å²) in [5.74, 6) is 2.70. The number of benzene rings is 2. The summed E-state index contributed by atoms with van der Waals surface area (Å²) in [6, 6.07) is 10.9. The van der Waals surface area contributed by atoms with Gasteiger partial charge in [0.1, 0.15) is 6.61 Å². The second-order valence-corrected chi connectivity index (χ2v) is 6.86. The summed E-state index contributed by atoms with van der Waals surface area (Å²) in [7, 11) is 0. The molecule has 0 aliphatic carbocycles. The third kappa shape index (κ3) is 4.82. The molecule has 0 aliphatic heterocycles.